The van der Waals surface area contributed by atoms with E-state index in [4.69, 9.17) is 28.9 Å². The van der Waals surface area contributed by atoms with Crippen molar-refractivity contribution in [1.29, 1.82) is 0 Å². The van der Waals surface area contributed by atoms with Gasteiger partial charge in [-0.1, -0.05) is 53.5 Å². The second kappa shape index (κ2) is 6.23. The van der Waals surface area contributed by atoms with Gasteiger partial charge in [-0.2, -0.15) is 4.31 Å². The molecule has 0 spiro atoms. The highest BCUT2D eigenvalue weighted by Crippen LogP contribution is 2.33. The molecule has 21 heavy (non-hydrogen) atoms. The second-order valence-corrected chi connectivity index (χ2v) is 7.36. The van der Waals surface area contributed by atoms with Gasteiger partial charge < -0.3 is 5.73 Å². The molecule has 0 saturated heterocycles. The Morgan fingerprint density at radius 1 is 1.10 bits per heavy atom. The maximum Gasteiger partial charge on any atom is 0.246 e. The number of nitrogens with zero attached hydrogens (tertiary/aromatic N) is 1. The van der Waals surface area contributed by atoms with Gasteiger partial charge in [0.05, 0.1) is 10.0 Å². The first kappa shape index (κ1) is 16.1. The molecule has 0 heterocycles. The summed E-state index contributed by atoms with van der Waals surface area (Å²) in [4.78, 5) is -0.126. The number of nitrogen functional groups attached to an aromatic ring is 1. The quantitative estimate of drug-likeness (QED) is 0.864. The van der Waals surface area contributed by atoms with Crippen LogP contribution in [0.2, 0.25) is 10.0 Å². The molecule has 2 aromatic carbocycles. The first-order valence-corrected chi connectivity index (χ1v) is 8.27. The second-order valence-electron chi connectivity index (χ2n) is 4.56. The lowest BCUT2D eigenvalue weighted by atomic mass is 10.2. The molecule has 2 rings (SSSR count). The Labute approximate surface area is 134 Å². The van der Waals surface area contributed by atoms with Crippen molar-refractivity contribution in [3.8, 4) is 0 Å². The number of sulfonamides is 1. The Kier molecular flexibility index (Phi) is 4.78. The Morgan fingerprint density at radius 2 is 1.62 bits per heavy atom. The van der Waals surface area contributed by atoms with Crippen LogP contribution in [0.5, 0.6) is 0 Å². The molecule has 0 aliphatic heterocycles. The van der Waals surface area contributed by atoms with Crippen LogP contribution in [0, 0.1) is 0 Å². The Hall–Kier alpha value is -1.27. The molecular weight excluding hydrogens is 331 g/mol. The fourth-order valence-electron chi connectivity index (χ4n) is 1.91. The summed E-state index contributed by atoms with van der Waals surface area (Å²) < 4.78 is 26.4. The van der Waals surface area contributed by atoms with Gasteiger partial charge in [0.25, 0.3) is 0 Å². The van der Waals surface area contributed by atoms with E-state index in [9.17, 15) is 8.42 Å². The van der Waals surface area contributed by atoms with E-state index in [0.717, 1.165) is 5.56 Å². The van der Waals surface area contributed by atoms with E-state index >= 15 is 0 Å². The molecule has 0 aliphatic rings. The van der Waals surface area contributed by atoms with Crippen LogP contribution in [0.25, 0.3) is 0 Å². The van der Waals surface area contributed by atoms with Gasteiger partial charge in [-0.3, -0.25) is 0 Å². The van der Waals surface area contributed by atoms with Crippen LogP contribution >= 0.6 is 23.2 Å². The summed E-state index contributed by atoms with van der Waals surface area (Å²) in [6, 6.07) is 12.0. The van der Waals surface area contributed by atoms with Crippen LogP contribution in [0.1, 0.15) is 5.56 Å². The highest BCUT2D eigenvalue weighted by atomic mass is 35.5. The predicted molar refractivity (Wildman–Crippen MR) is 86.0 cm³/mol. The number of hydrogen-bond acceptors (Lipinski definition) is 3. The Morgan fingerprint density at radius 3 is 2.14 bits per heavy atom. The van der Waals surface area contributed by atoms with E-state index in [1.807, 2.05) is 30.3 Å². The van der Waals surface area contributed by atoms with Gasteiger partial charge in [0.2, 0.25) is 10.0 Å². The highest BCUT2D eigenvalue weighted by molar-refractivity contribution is 7.89. The zero-order valence-electron chi connectivity index (χ0n) is 11.3. The largest absolute Gasteiger partial charge is 0.399 e. The van der Waals surface area contributed by atoms with Crippen molar-refractivity contribution >= 4 is 38.9 Å². The molecule has 0 aliphatic carbocycles. The first-order chi connectivity index (χ1) is 9.82. The fourth-order valence-corrected chi connectivity index (χ4v) is 4.24. The lowest BCUT2D eigenvalue weighted by Gasteiger charge is -2.19. The zero-order valence-corrected chi connectivity index (χ0v) is 13.6. The zero-order chi connectivity index (χ0) is 15.6. The third-order valence-electron chi connectivity index (χ3n) is 2.94. The highest BCUT2D eigenvalue weighted by Gasteiger charge is 2.27. The minimum absolute atomic E-state index is 0.0138. The molecule has 2 aromatic rings. The molecule has 0 atom stereocenters. The minimum atomic E-state index is -3.80. The molecule has 0 amide bonds. The van der Waals surface area contributed by atoms with Gasteiger partial charge in [0.15, 0.2) is 0 Å². The van der Waals surface area contributed by atoms with E-state index < -0.39 is 10.0 Å². The smallest absolute Gasteiger partial charge is 0.246 e. The van der Waals surface area contributed by atoms with Crippen LogP contribution in [0.4, 0.5) is 5.69 Å². The van der Waals surface area contributed by atoms with Gasteiger partial charge in [-0.05, 0) is 17.7 Å². The van der Waals surface area contributed by atoms with Crippen molar-refractivity contribution in [1.82, 2.24) is 4.31 Å². The van der Waals surface area contributed by atoms with Crippen molar-refractivity contribution in [2.75, 3.05) is 12.8 Å². The van der Waals surface area contributed by atoms with Crippen LogP contribution in [-0.4, -0.2) is 19.8 Å². The molecule has 0 radical (unpaired) electrons. The number of nitrogens with two attached hydrogens (primary N) is 1. The summed E-state index contributed by atoms with van der Waals surface area (Å²) in [7, 11) is -2.32. The maximum absolute atomic E-state index is 12.6. The Bertz CT molecular complexity index is 726. The summed E-state index contributed by atoms with van der Waals surface area (Å²) in [5.74, 6) is 0. The molecule has 112 valence electrons. The first-order valence-electron chi connectivity index (χ1n) is 6.07. The summed E-state index contributed by atoms with van der Waals surface area (Å²) in [6.45, 7) is 0.222. The summed E-state index contributed by atoms with van der Waals surface area (Å²) in [5, 5.41) is 0.0276. The third-order valence-corrected chi connectivity index (χ3v) is 5.66. The van der Waals surface area contributed by atoms with Gasteiger partial charge in [0.1, 0.15) is 4.90 Å². The minimum Gasteiger partial charge on any atom is -0.399 e. The molecule has 0 fully saturated rings. The molecule has 0 unspecified atom stereocenters. The van der Waals surface area contributed by atoms with Gasteiger partial charge >= 0.3 is 0 Å². The van der Waals surface area contributed by atoms with Gasteiger partial charge in [-0.25, -0.2) is 8.42 Å². The fraction of sp³-hybridized carbons (Fsp3) is 0.143. The molecule has 0 bridgehead atoms. The predicted octanol–water partition coefficient (Wildman–Crippen LogP) is 3.40. The van der Waals surface area contributed by atoms with E-state index in [1.165, 1.54) is 23.5 Å². The van der Waals surface area contributed by atoms with E-state index in [2.05, 4.69) is 0 Å². The normalized spacial score (nSPS) is 11.8. The molecular formula is C14H14Cl2N2O2S. The number of hydrogen-bond donors (Lipinski definition) is 1. The molecule has 2 N–H and O–H groups in total. The maximum atomic E-state index is 12.6. The molecule has 7 heteroatoms. The monoisotopic (exact) mass is 344 g/mol. The number of benzene rings is 2. The van der Waals surface area contributed by atoms with Crippen LogP contribution in [0.15, 0.2) is 47.4 Å². The lowest BCUT2D eigenvalue weighted by Crippen LogP contribution is -2.27. The van der Waals surface area contributed by atoms with Crippen molar-refractivity contribution in [3.63, 3.8) is 0 Å². The van der Waals surface area contributed by atoms with Crippen molar-refractivity contribution < 1.29 is 8.42 Å². The van der Waals surface area contributed by atoms with E-state index in [0.29, 0.717) is 5.69 Å². The average molecular weight is 345 g/mol. The SMILES string of the molecule is CN(Cc1ccccc1)S(=O)(=O)c1c(Cl)cc(N)cc1Cl. The van der Waals surface area contributed by atoms with Crippen molar-refractivity contribution in [3.05, 3.63) is 58.1 Å². The number of rotatable bonds is 4. The number of halogens is 2. The lowest BCUT2D eigenvalue weighted by molar-refractivity contribution is 0.467. The third kappa shape index (κ3) is 3.49. The van der Waals surface area contributed by atoms with Crippen molar-refractivity contribution in [2.45, 2.75) is 11.4 Å². The summed E-state index contributed by atoms with van der Waals surface area (Å²) in [6.07, 6.45) is 0. The van der Waals surface area contributed by atoms with Crippen LogP contribution < -0.4 is 5.73 Å². The van der Waals surface area contributed by atoms with Gasteiger partial charge in [-0.15, -0.1) is 0 Å². The Balaban J connectivity index is 2.38. The summed E-state index contributed by atoms with van der Waals surface area (Å²) in [5.41, 5.74) is 6.78. The van der Waals surface area contributed by atoms with Crippen LogP contribution in [0.3, 0.4) is 0 Å². The van der Waals surface area contributed by atoms with E-state index in [1.54, 1.807) is 0 Å². The number of anilines is 1. The molecule has 0 saturated carbocycles. The van der Waals surface area contributed by atoms with Crippen molar-refractivity contribution in [2.24, 2.45) is 0 Å². The molecule has 4 nitrogen and oxygen atoms in total. The molecule has 0 aromatic heterocycles. The van der Waals surface area contributed by atoms with Crippen LogP contribution in [-0.2, 0) is 16.6 Å². The van der Waals surface area contributed by atoms with Gasteiger partial charge in [0, 0.05) is 19.3 Å². The average Bonchev–Trinajstić information content (AvgIpc) is 2.38. The standard InChI is InChI=1S/C14H14Cl2N2O2S/c1-18(9-10-5-3-2-4-6-10)21(19,20)14-12(15)7-11(17)8-13(14)16/h2-8H,9,17H2,1H3. The van der Waals surface area contributed by atoms with E-state index in [-0.39, 0.29) is 21.5 Å². The topological polar surface area (TPSA) is 63.4 Å². The summed E-state index contributed by atoms with van der Waals surface area (Å²) >= 11 is 12.0.